The molecule has 0 aromatic heterocycles. The minimum Gasteiger partial charge on any atom is -0.299 e. The molecule has 0 bridgehead atoms. The molecule has 2 aromatic rings. The highest BCUT2D eigenvalue weighted by Crippen LogP contribution is 2.46. The van der Waals surface area contributed by atoms with Gasteiger partial charge < -0.3 is 0 Å². The van der Waals surface area contributed by atoms with Crippen LogP contribution < -0.4 is 0 Å². The van der Waals surface area contributed by atoms with Crippen LogP contribution in [0.2, 0.25) is 0 Å². The summed E-state index contributed by atoms with van der Waals surface area (Å²) in [6.45, 7) is 7.07. The standard InChI is InChI=1S/C26H30BrNO3S/c1-25(2,3)20-6-10-24(11-7-20)32(30,31)28-15-13-21-16-23(29)12-14-26(21,18-28)17-19-4-8-22(27)9-5-19/h4-11,13H,12,14-18H2,1-3H3. The number of fused-ring (bicyclic) bond motifs is 1. The molecule has 1 aliphatic carbocycles. The normalized spacial score (nSPS) is 22.4. The topological polar surface area (TPSA) is 54.5 Å². The van der Waals surface area contributed by atoms with Crippen LogP contribution in [0.25, 0.3) is 0 Å². The van der Waals surface area contributed by atoms with Crippen LogP contribution in [0.3, 0.4) is 0 Å². The van der Waals surface area contributed by atoms with Crippen LogP contribution in [0.15, 0.2) is 69.5 Å². The lowest BCUT2D eigenvalue weighted by Crippen LogP contribution is -2.49. The number of hydrogen-bond donors (Lipinski definition) is 0. The Morgan fingerprint density at radius 3 is 2.31 bits per heavy atom. The maximum atomic E-state index is 13.5. The molecule has 1 saturated carbocycles. The number of benzene rings is 2. The Hall–Kier alpha value is -1.76. The van der Waals surface area contributed by atoms with Crippen molar-refractivity contribution in [2.24, 2.45) is 5.41 Å². The van der Waals surface area contributed by atoms with E-state index in [-0.39, 0.29) is 16.6 Å². The molecule has 0 spiro atoms. The zero-order valence-corrected chi connectivity index (χ0v) is 21.3. The Kier molecular flexibility index (Phi) is 6.25. The average Bonchev–Trinajstić information content (AvgIpc) is 2.75. The fourth-order valence-corrected chi connectivity index (χ4v) is 6.55. The van der Waals surface area contributed by atoms with E-state index in [0.29, 0.717) is 37.2 Å². The number of rotatable bonds is 4. The zero-order valence-electron chi connectivity index (χ0n) is 18.9. The van der Waals surface area contributed by atoms with E-state index in [2.05, 4.69) is 48.8 Å². The van der Waals surface area contributed by atoms with E-state index in [9.17, 15) is 13.2 Å². The highest BCUT2D eigenvalue weighted by molar-refractivity contribution is 9.10. The Morgan fingerprint density at radius 2 is 1.69 bits per heavy atom. The summed E-state index contributed by atoms with van der Waals surface area (Å²) in [6, 6.07) is 15.4. The maximum absolute atomic E-state index is 13.5. The van der Waals surface area contributed by atoms with E-state index in [1.165, 1.54) is 0 Å². The SMILES string of the molecule is CC(C)(C)c1ccc(S(=O)(=O)N2CC=C3CC(=O)CCC3(Cc3ccc(Br)cc3)C2)cc1. The molecular weight excluding hydrogens is 486 g/mol. The molecule has 4 rings (SSSR count). The van der Waals surface area contributed by atoms with Crippen molar-refractivity contribution in [3.63, 3.8) is 0 Å². The van der Waals surface area contributed by atoms with Crippen molar-refractivity contribution in [3.8, 4) is 0 Å². The number of nitrogens with zero attached hydrogens (tertiary/aromatic N) is 1. The van der Waals surface area contributed by atoms with Crippen molar-refractivity contribution in [1.29, 1.82) is 0 Å². The third-order valence-electron chi connectivity index (χ3n) is 6.79. The largest absolute Gasteiger partial charge is 0.299 e. The molecule has 0 saturated heterocycles. The quantitative estimate of drug-likeness (QED) is 0.493. The number of Topliss-reactive ketones (excluding diaryl/α,β-unsaturated/α-hetero) is 1. The van der Waals surface area contributed by atoms with E-state index in [4.69, 9.17) is 0 Å². The number of hydrogen-bond acceptors (Lipinski definition) is 3. The van der Waals surface area contributed by atoms with Crippen LogP contribution in [0, 0.1) is 5.41 Å². The van der Waals surface area contributed by atoms with Gasteiger partial charge in [0.1, 0.15) is 5.78 Å². The van der Waals surface area contributed by atoms with Gasteiger partial charge in [-0.15, -0.1) is 0 Å². The van der Waals surface area contributed by atoms with Gasteiger partial charge in [0.15, 0.2) is 0 Å². The lowest BCUT2D eigenvalue weighted by Gasteiger charge is -2.45. The van der Waals surface area contributed by atoms with Gasteiger partial charge in [-0.2, -0.15) is 4.31 Å². The van der Waals surface area contributed by atoms with Crippen LogP contribution in [0.4, 0.5) is 0 Å². The number of sulfonamides is 1. The van der Waals surface area contributed by atoms with Gasteiger partial charge in [-0.3, -0.25) is 4.79 Å². The van der Waals surface area contributed by atoms with Crippen LogP contribution in [-0.2, 0) is 26.7 Å². The van der Waals surface area contributed by atoms with E-state index in [1.54, 1.807) is 16.4 Å². The van der Waals surface area contributed by atoms with E-state index in [0.717, 1.165) is 27.6 Å². The number of halogens is 1. The molecule has 0 amide bonds. The van der Waals surface area contributed by atoms with Crippen LogP contribution in [0.5, 0.6) is 0 Å². The summed E-state index contributed by atoms with van der Waals surface area (Å²) in [5.41, 5.74) is 3.00. The minimum absolute atomic E-state index is 0.0333. The van der Waals surface area contributed by atoms with E-state index in [1.807, 2.05) is 30.3 Å². The lowest BCUT2D eigenvalue weighted by atomic mass is 9.65. The predicted octanol–water partition coefficient (Wildman–Crippen LogP) is 5.66. The fraction of sp³-hybridized carbons (Fsp3) is 0.423. The van der Waals surface area contributed by atoms with Crippen molar-refractivity contribution in [3.05, 3.63) is 75.8 Å². The van der Waals surface area contributed by atoms with Crippen molar-refractivity contribution < 1.29 is 13.2 Å². The first-order valence-corrected chi connectivity index (χ1v) is 13.3. The molecular formula is C26H30BrNO3S. The second-order valence-corrected chi connectivity index (χ2v) is 13.0. The molecule has 1 heterocycles. The van der Waals surface area contributed by atoms with Gasteiger partial charge >= 0.3 is 0 Å². The Labute approximate surface area is 199 Å². The van der Waals surface area contributed by atoms with Crippen LogP contribution in [0.1, 0.15) is 51.2 Å². The average molecular weight is 517 g/mol. The Morgan fingerprint density at radius 1 is 1.03 bits per heavy atom. The summed E-state index contributed by atoms with van der Waals surface area (Å²) in [5, 5.41) is 0. The van der Waals surface area contributed by atoms with Gasteiger partial charge in [-0.1, -0.05) is 72.6 Å². The summed E-state index contributed by atoms with van der Waals surface area (Å²) in [5.74, 6) is 0.247. The summed E-state index contributed by atoms with van der Waals surface area (Å²) in [6.07, 6.45) is 4.34. The highest BCUT2D eigenvalue weighted by atomic mass is 79.9. The highest BCUT2D eigenvalue weighted by Gasteiger charge is 2.45. The second-order valence-electron chi connectivity index (χ2n) is 10.1. The zero-order chi connectivity index (χ0) is 23.1. The Balaban J connectivity index is 1.66. The Bertz CT molecular complexity index is 1150. The smallest absolute Gasteiger partial charge is 0.243 e. The first kappa shape index (κ1) is 23.4. The maximum Gasteiger partial charge on any atom is 0.243 e. The monoisotopic (exact) mass is 515 g/mol. The first-order valence-electron chi connectivity index (χ1n) is 11.1. The molecule has 0 N–H and O–H groups in total. The molecule has 1 aliphatic heterocycles. The molecule has 1 atom stereocenters. The van der Waals surface area contributed by atoms with Gasteiger partial charge in [0.2, 0.25) is 10.0 Å². The molecule has 2 aromatic carbocycles. The third-order valence-corrected chi connectivity index (χ3v) is 9.14. The molecule has 0 radical (unpaired) electrons. The molecule has 1 fully saturated rings. The molecule has 6 heteroatoms. The third kappa shape index (κ3) is 4.63. The minimum atomic E-state index is -3.63. The van der Waals surface area contributed by atoms with Crippen molar-refractivity contribution in [1.82, 2.24) is 4.31 Å². The number of carbonyl (C=O) groups excluding carboxylic acids is 1. The van der Waals surface area contributed by atoms with Gasteiger partial charge in [0.25, 0.3) is 0 Å². The first-order chi connectivity index (χ1) is 15.0. The van der Waals surface area contributed by atoms with Crippen molar-refractivity contribution >= 4 is 31.7 Å². The van der Waals surface area contributed by atoms with Gasteiger partial charge in [-0.05, 0) is 53.6 Å². The summed E-state index contributed by atoms with van der Waals surface area (Å²) in [4.78, 5) is 12.5. The number of ketones is 1. The van der Waals surface area contributed by atoms with E-state index >= 15 is 0 Å². The predicted molar refractivity (Wildman–Crippen MR) is 131 cm³/mol. The molecule has 2 aliphatic rings. The summed E-state index contributed by atoms with van der Waals surface area (Å²) in [7, 11) is -3.63. The second kappa shape index (κ2) is 8.54. The lowest BCUT2D eigenvalue weighted by molar-refractivity contribution is -0.120. The fourth-order valence-electron chi connectivity index (χ4n) is 4.82. The van der Waals surface area contributed by atoms with Crippen LogP contribution in [-0.4, -0.2) is 31.6 Å². The van der Waals surface area contributed by atoms with Gasteiger partial charge in [0.05, 0.1) is 4.90 Å². The summed E-state index contributed by atoms with van der Waals surface area (Å²) < 4.78 is 29.7. The summed E-state index contributed by atoms with van der Waals surface area (Å²) >= 11 is 3.48. The number of carbonyl (C=O) groups is 1. The van der Waals surface area contributed by atoms with Crippen molar-refractivity contribution in [2.45, 2.75) is 56.8 Å². The van der Waals surface area contributed by atoms with Crippen molar-refractivity contribution in [2.75, 3.05) is 13.1 Å². The van der Waals surface area contributed by atoms with Gasteiger partial charge in [0, 0.05) is 35.8 Å². The molecule has 32 heavy (non-hydrogen) atoms. The molecule has 1 unspecified atom stereocenters. The molecule has 170 valence electrons. The molecule has 4 nitrogen and oxygen atoms in total. The van der Waals surface area contributed by atoms with Crippen LogP contribution >= 0.6 is 15.9 Å². The van der Waals surface area contributed by atoms with E-state index < -0.39 is 10.0 Å². The van der Waals surface area contributed by atoms with Gasteiger partial charge in [-0.25, -0.2) is 8.42 Å².